The largest absolute Gasteiger partial charge is 0.435 e. The van der Waals surface area contributed by atoms with Gasteiger partial charge in [-0.15, -0.1) is 0 Å². The predicted octanol–water partition coefficient (Wildman–Crippen LogP) is 5.56. The molecule has 1 aliphatic rings. The lowest BCUT2D eigenvalue weighted by atomic mass is 9.86. The Hall–Kier alpha value is -2.25. The third-order valence-electron chi connectivity index (χ3n) is 4.55. The van der Waals surface area contributed by atoms with E-state index in [-0.39, 0.29) is 27.2 Å². The molecule has 0 radical (unpaired) electrons. The summed E-state index contributed by atoms with van der Waals surface area (Å²) < 4.78 is 42.1. The van der Waals surface area contributed by atoms with E-state index in [2.05, 4.69) is 5.16 Å². The number of hydrogen-bond donors (Lipinski definition) is 0. The van der Waals surface area contributed by atoms with Gasteiger partial charge in [0.2, 0.25) is 5.91 Å². The minimum Gasteiger partial charge on any atom is -0.374 e. The number of rotatable bonds is 3. The molecule has 0 saturated heterocycles. The molecule has 1 aliphatic heterocycles. The van der Waals surface area contributed by atoms with Crippen LogP contribution in [-0.4, -0.2) is 24.8 Å². The zero-order valence-electron chi connectivity index (χ0n) is 14.8. The molecular formula is C19H15Cl2F3N2O2. The number of carbonyl (C=O) groups excluding carboxylic acids is 1. The van der Waals surface area contributed by atoms with E-state index in [1.54, 1.807) is 31.3 Å². The molecule has 28 heavy (non-hydrogen) atoms. The Balaban J connectivity index is 2.00. The van der Waals surface area contributed by atoms with Gasteiger partial charge in [-0.3, -0.25) is 4.79 Å². The van der Waals surface area contributed by atoms with Crippen LogP contribution in [-0.2, 0) is 15.2 Å². The van der Waals surface area contributed by atoms with Crippen LogP contribution < -0.4 is 4.90 Å². The van der Waals surface area contributed by atoms with Crippen molar-refractivity contribution in [3.63, 3.8) is 0 Å². The Morgan fingerprint density at radius 3 is 2.39 bits per heavy atom. The molecule has 0 saturated carbocycles. The molecule has 1 unspecified atom stereocenters. The standard InChI is InChI=1S/C19H15Cl2F3N2O2/c1-11(27)26(2)16-5-3-4-12(6-16)17-10-18(28-25-17,19(22,23)24)13-7-14(20)9-15(21)8-13/h3-9H,10H2,1-2H3. The van der Waals surface area contributed by atoms with E-state index in [0.29, 0.717) is 11.3 Å². The normalized spacial score (nSPS) is 19.2. The SMILES string of the molecule is CC(=O)N(C)c1cccc(C2=NOC(c3cc(Cl)cc(Cl)c3)(C(F)(F)F)C2)c1. The monoisotopic (exact) mass is 430 g/mol. The van der Waals surface area contributed by atoms with Crippen LogP contribution in [0, 0.1) is 0 Å². The molecule has 2 aromatic rings. The molecule has 3 rings (SSSR count). The highest BCUT2D eigenvalue weighted by molar-refractivity contribution is 6.34. The van der Waals surface area contributed by atoms with Crippen LogP contribution in [0.15, 0.2) is 47.6 Å². The highest BCUT2D eigenvalue weighted by Gasteiger charge is 2.62. The fourth-order valence-electron chi connectivity index (χ4n) is 2.92. The van der Waals surface area contributed by atoms with Crippen LogP contribution in [0.5, 0.6) is 0 Å². The molecule has 1 heterocycles. The van der Waals surface area contributed by atoms with Crippen molar-refractivity contribution < 1.29 is 22.8 Å². The number of nitrogens with zero attached hydrogens (tertiary/aromatic N) is 2. The maximum atomic E-state index is 14.0. The minimum atomic E-state index is -4.76. The fourth-order valence-corrected chi connectivity index (χ4v) is 3.45. The van der Waals surface area contributed by atoms with Crippen molar-refractivity contribution in [1.82, 2.24) is 0 Å². The summed E-state index contributed by atoms with van der Waals surface area (Å²) in [5.41, 5.74) is -1.87. The summed E-state index contributed by atoms with van der Waals surface area (Å²) in [6.45, 7) is 1.39. The van der Waals surface area contributed by atoms with Crippen molar-refractivity contribution in [3.8, 4) is 0 Å². The second kappa shape index (κ2) is 7.29. The summed E-state index contributed by atoms with van der Waals surface area (Å²) in [5.74, 6) is -0.208. The van der Waals surface area contributed by atoms with Crippen molar-refractivity contribution in [3.05, 3.63) is 63.6 Å². The Bertz CT molecular complexity index is 942. The van der Waals surface area contributed by atoms with Crippen LogP contribution in [0.25, 0.3) is 0 Å². The molecule has 4 nitrogen and oxygen atoms in total. The van der Waals surface area contributed by atoms with Gasteiger partial charge < -0.3 is 9.74 Å². The topological polar surface area (TPSA) is 41.9 Å². The van der Waals surface area contributed by atoms with Crippen molar-refractivity contribution in [2.24, 2.45) is 5.16 Å². The van der Waals surface area contributed by atoms with Crippen molar-refractivity contribution >= 4 is 40.5 Å². The van der Waals surface area contributed by atoms with Crippen LogP contribution in [0.4, 0.5) is 18.9 Å². The van der Waals surface area contributed by atoms with Crippen molar-refractivity contribution in [2.75, 3.05) is 11.9 Å². The van der Waals surface area contributed by atoms with Crippen LogP contribution in [0.1, 0.15) is 24.5 Å². The molecule has 1 atom stereocenters. The highest BCUT2D eigenvalue weighted by Crippen LogP contribution is 2.49. The number of oxime groups is 1. The summed E-state index contributed by atoms with van der Waals surface area (Å²) in [6.07, 6.45) is -5.32. The Morgan fingerprint density at radius 2 is 1.82 bits per heavy atom. The first-order valence-electron chi connectivity index (χ1n) is 8.16. The maximum Gasteiger partial charge on any atom is 0.435 e. The van der Waals surface area contributed by atoms with Crippen LogP contribution >= 0.6 is 23.2 Å². The molecule has 1 amide bonds. The Kier molecular flexibility index (Phi) is 5.34. The van der Waals surface area contributed by atoms with Crippen LogP contribution in [0.3, 0.4) is 0 Å². The lowest BCUT2D eigenvalue weighted by Gasteiger charge is -2.29. The first-order chi connectivity index (χ1) is 13.0. The second-order valence-electron chi connectivity index (χ2n) is 6.42. The van der Waals surface area contributed by atoms with Gasteiger partial charge >= 0.3 is 6.18 Å². The number of benzene rings is 2. The lowest BCUT2D eigenvalue weighted by molar-refractivity contribution is -0.275. The summed E-state index contributed by atoms with van der Waals surface area (Å²) in [4.78, 5) is 17.9. The third kappa shape index (κ3) is 3.69. The smallest absolute Gasteiger partial charge is 0.374 e. The third-order valence-corrected chi connectivity index (χ3v) is 4.99. The van der Waals surface area contributed by atoms with Crippen molar-refractivity contribution in [2.45, 2.75) is 25.1 Å². The van der Waals surface area contributed by atoms with Gasteiger partial charge in [0.1, 0.15) is 0 Å². The zero-order chi connectivity index (χ0) is 20.7. The molecule has 148 valence electrons. The van der Waals surface area contributed by atoms with Gasteiger partial charge in [0.05, 0.1) is 5.71 Å². The number of anilines is 1. The molecule has 0 bridgehead atoms. The van der Waals surface area contributed by atoms with Gasteiger partial charge in [-0.05, 0) is 30.3 Å². The van der Waals surface area contributed by atoms with Gasteiger partial charge in [0.25, 0.3) is 5.60 Å². The van der Waals surface area contributed by atoms with Crippen molar-refractivity contribution in [1.29, 1.82) is 0 Å². The quantitative estimate of drug-likeness (QED) is 0.639. The average molecular weight is 431 g/mol. The first-order valence-corrected chi connectivity index (χ1v) is 8.92. The average Bonchev–Trinajstić information content (AvgIpc) is 3.07. The zero-order valence-corrected chi connectivity index (χ0v) is 16.4. The van der Waals surface area contributed by atoms with E-state index >= 15 is 0 Å². The number of halogens is 5. The number of hydrogen-bond acceptors (Lipinski definition) is 3. The first kappa shape index (κ1) is 20.5. The highest BCUT2D eigenvalue weighted by atomic mass is 35.5. The molecule has 0 aliphatic carbocycles. The lowest BCUT2D eigenvalue weighted by Crippen LogP contribution is -2.42. The van der Waals surface area contributed by atoms with Gasteiger partial charge in [0.15, 0.2) is 0 Å². The molecular weight excluding hydrogens is 416 g/mol. The number of amides is 1. The summed E-state index contributed by atoms with van der Waals surface area (Å²) in [6, 6.07) is 10.2. The number of alkyl halides is 3. The fraction of sp³-hybridized carbons (Fsp3) is 0.263. The molecule has 0 aromatic heterocycles. The summed E-state index contributed by atoms with van der Waals surface area (Å²) in [5, 5.41) is 3.84. The summed E-state index contributed by atoms with van der Waals surface area (Å²) >= 11 is 11.8. The predicted molar refractivity (Wildman–Crippen MR) is 102 cm³/mol. The maximum absolute atomic E-state index is 14.0. The van der Waals surface area contributed by atoms with Gasteiger partial charge in [-0.2, -0.15) is 13.2 Å². The molecule has 0 N–H and O–H groups in total. The molecule has 0 spiro atoms. The van der Waals surface area contributed by atoms with E-state index in [4.69, 9.17) is 28.0 Å². The number of carbonyl (C=O) groups is 1. The summed E-state index contributed by atoms with van der Waals surface area (Å²) in [7, 11) is 1.57. The van der Waals surface area contributed by atoms with Crippen LogP contribution in [0.2, 0.25) is 10.0 Å². The molecule has 9 heteroatoms. The van der Waals surface area contributed by atoms with Gasteiger partial charge in [-0.25, -0.2) is 0 Å². The Labute approximate surface area is 169 Å². The van der Waals surface area contributed by atoms with E-state index in [1.807, 2.05) is 0 Å². The van der Waals surface area contributed by atoms with E-state index in [1.165, 1.54) is 30.0 Å². The molecule has 0 fully saturated rings. The van der Waals surface area contributed by atoms with E-state index in [9.17, 15) is 18.0 Å². The van der Waals surface area contributed by atoms with Gasteiger partial charge in [0, 0.05) is 47.3 Å². The van der Waals surface area contributed by atoms with E-state index < -0.39 is 18.2 Å². The van der Waals surface area contributed by atoms with E-state index in [0.717, 1.165) is 0 Å². The second-order valence-corrected chi connectivity index (χ2v) is 7.29. The van der Waals surface area contributed by atoms with Gasteiger partial charge in [-0.1, -0.05) is 40.5 Å². The molecule has 2 aromatic carbocycles. The Morgan fingerprint density at radius 1 is 1.18 bits per heavy atom. The minimum absolute atomic E-state index is 0.0632.